The summed E-state index contributed by atoms with van der Waals surface area (Å²) < 4.78 is 0. The number of thiophene rings is 1. The van der Waals surface area contributed by atoms with E-state index in [2.05, 4.69) is 72.8 Å². The molecule has 1 unspecified atom stereocenters. The number of benzene rings is 4. The van der Waals surface area contributed by atoms with Crippen LogP contribution in [0.15, 0.2) is 95.7 Å². The van der Waals surface area contributed by atoms with Gasteiger partial charge in [-0.3, -0.25) is 0 Å². The Hall–Kier alpha value is -2.94. The van der Waals surface area contributed by atoms with E-state index in [0.29, 0.717) is 12.5 Å². The Morgan fingerprint density at radius 3 is 2.26 bits per heavy atom. The Morgan fingerprint density at radius 1 is 0.742 bits per heavy atom. The van der Waals surface area contributed by atoms with Gasteiger partial charge in [0.15, 0.2) is 0 Å². The fourth-order valence-corrected chi connectivity index (χ4v) is 5.32. The van der Waals surface area contributed by atoms with Gasteiger partial charge in [0.05, 0.1) is 0 Å². The highest BCUT2D eigenvalue weighted by Gasteiger charge is 2.23. The van der Waals surface area contributed by atoms with Crippen molar-refractivity contribution in [1.82, 2.24) is 0 Å². The van der Waals surface area contributed by atoms with Crippen LogP contribution in [0.2, 0.25) is 0 Å². The second-order valence-electron chi connectivity index (χ2n) is 8.20. The number of hydrogen-bond donors (Lipinski definition) is 1. The molecule has 4 aromatic carbocycles. The number of aryl methyl sites for hydroxylation is 1. The van der Waals surface area contributed by atoms with E-state index in [1.807, 2.05) is 22.9 Å². The average molecular weight is 422 g/mol. The standard InChI is InChI=1S/C25H23N.C4H4S/c26-16-17-8-10-19(11-9-17)21-6-3-7-22-23(21)14-15-24-20-5-2-1-4-18(20)12-13-25(22)24;1-2-4-5-3-1/h1-2,4-5,8-15,21H,3,6-7,16,26H2;1-4H. The van der Waals surface area contributed by atoms with E-state index >= 15 is 0 Å². The van der Waals surface area contributed by atoms with Crippen molar-refractivity contribution in [1.29, 1.82) is 0 Å². The third-order valence-corrected chi connectivity index (χ3v) is 7.04. The van der Waals surface area contributed by atoms with Crippen LogP contribution < -0.4 is 5.73 Å². The molecule has 31 heavy (non-hydrogen) atoms. The maximum Gasteiger partial charge on any atom is 0.0178 e. The van der Waals surface area contributed by atoms with E-state index in [4.69, 9.17) is 5.73 Å². The zero-order valence-electron chi connectivity index (χ0n) is 17.6. The smallest absolute Gasteiger partial charge is 0.0178 e. The fraction of sp³-hybridized carbons (Fsp3) is 0.172. The maximum absolute atomic E-state index is 5.76. The highest BCUT2D eigenvalue weighted by atomic mass is 32.1. The predicted molar refractivity (Wildman–Crippen MR) is 135 cm³/mol. The van der Waals surface area contributed by atoms with E-state index in [0.717, 1.165) is 0 Å². The van der Waals surface area contributed by atoms with Crippen LogP contribution in [0.4, 0.5) is 0 Å². The predicted octanol–water partition coefficient (Wildman–Crippen LogP) is 7.67. The molecule has 0 radical (unpaired) electrons. The van der Waals surface area contributed by atoms with Crippen molar-refractivity contribution >= 4 is 32.9 Å². The molecule has 154 valence electrons. The van der Waals surface area contributed by atoms with E-state index in [9.17, 15) is 0 Å². The van der Waals surface area contributed by atoms with Gasteiger partial charge < -0.3 is 5.73 Å². The lowest BCUT2D eigenvalue weighted by Gasteiger charge is -2.27. The van der Waals surface area contributed by atoms with Gasteiger partial charge in [0.25, 0.3) is 0 Å². The van der Waals surface area contributed by atoms with Crippen LogP contribution in [-0.2, 0) is 13.0 Å². The molecule has 0 saturated carbocycles. The van der Waals surface area contributed by atoms with Crippen LogP contribution in [-0.4, -0.2) is 0 Å². The summed E-state index contributed by atoms with van der Waals surface area (Å²) in [6, 6.07) is 31.0. The first kappa shape index (κ1) is 20.0. The fourth-order valence-electron chi connectivity index (χ4n) is 4.87. The highest BCUT2D eigenvalue weighted by molar-refractivity contribution is 7.07. The molecule has 0 bridgehead atoms. The number of fused-ring (bicyclic) bond motifs is 5. The van der Waals surface area contributed by atoms with Gasteiger partial charge in [-0.1, -0.05) is 84.9 Å². The molecule has 1 aliphatic carbocycles. The molecule has 2 heteroatoms. The van der Waals surface area contributed by atoms with Gasteiger partial charge in [0, 0.05) is 12.5 Å². The van der Waals surface area contributed by atoms with Gasteiger partial charge in [-0.25, -0.2) is 0 Å². The van der Waals surface area contributed by atoms with Crippen molar-refractivity contribution in [2.24, 2.45) is 5.73 Å². The molecule has 1 aromatic heterocycles. The van der Waals surface area contributed by atoms with Crippen LogP contribution in [0.1, 0.15) is 41.0 Å². The lowest BCUT2D eigenvalue weighted by molar-refractivity contribution is 0.619. The molecule has 0 aliphatic heterocycles. The summed E-state index contributed by atoms with van der Waals surface area (Å²) in [6.07, 6.45) is 3.67. The average Bonchev–Trinajstić information content (AvgIpc) is 3.44. The van der Waals surface area contributed by atoms with Crippen LogP contribution in [0.5, 0.6) is 0 Å². The van der Waals surface area contributed by atoms with Gasteiger partial charge >= 0.3 is 0 Å². The van der Waals surface area contributed by atoms with Crippen molar-refractivity contribution in [3.8, 4) is 0 Å². The van der Waals surface area contributed by atoms with Gasteiger partial charge in [-0.05, 0) is 73.8 Å². The second kappa shape index (κ2) is 9.05. The summed E-state index contributed by atoms with van der Waals surface area (Å²) in [5.74, 6) is 0.501. The molecule has 0 spiro atoms. The zero-order valence-corrected chi connectivity index (χ0v) is 18.4. The molecular weight excluding hydrogens is 394 g/mol. The first-order chi connectivity index (χ1) is 15.3. The molecule has 2 N–H and O–H groups in total. The summed E-state index contributed by atoms with van der Waals surface area (Å²) in [7, 11) is 0. The van der Waals surface area contributed by atoms with Crippen molar-refractivity contribution in [3.63, 3.8) is 0 Å². The van der Waals surface area contributed by atoms with Crippen molar-refractivity contribution < 1.29 is 0 Å². The second-order valence-corrected chi connectivity index (χ2v) is 9.02. The number of hydrogen-bond acceptors (Lipinski definition) is 2. The van der Waals surface area contributed by atoms with E-state index in [1.54, 1.807) is 16.9 Å². The first-order valence-electron chi connectivity index (χ1n) is 11.0. The summed E-state index contributed by atoms with van der Waals surface area (Å²) in [6.45, 7) is 0.610. The highest BCUT2D eigenvalue weighted by Crippen LogP contribution is 2.41. The Morgan fingerprint density at radius 2 is 1.52 bits per heavy atom. The molecule has 0 amide bonds. The normalized spacial score (nSPS) is 15.3. The summed E-state index contributed by atoms with van der Waals surface area (Å²) >= 11 is 1.71. The van der Waals surface area contributed by atoms with E-state index < -0.39 is 0 Å². The molecule has 1 atom stereocenters. The molecule has 0 saturated heterocycles. The van der Waals surface area contributed by atoms with Crippen LogP contribution in [0.3, 0.4) is 0 Å². The minimum atomic E-state index is 0.501. The maximum atomic E-state index is 5.76. The quantitative estimate of drug-likeness (QED) is 0.291. The summed E-state index contributed by atoms with van der Waals surface area (Å²) in [5.41, 5.74) is 11.4. The lowest BCUT2D eigenvalue weighted by Crippen LogP contribution is -2.11. The lowest BCUT2D eigenvalue weighted by atomic mass is 9.77. The topological polar surface area (TPSA) is 26.0 Å². The molecule has 1 heterocycles. The SMILES string of the molecule is NCc1ccc(C2CCCc3c2ccc2c3ccc3ccccc32)cc1.c1ccsc1. The van der Waals surface area contributed by atoms with Gasteiger partial charge in [-0.15, -0.1) is 0 Å². The Balaban J connectivity index is 0.000000361. The number of nitrogens with two attached hydrogens (primary N) is 1. The molecule has 1 nitrogen and oxygen atoms in total. The van der Waals surface area contributed by atoms with Crippen LogP contribution in [0.25, 0.3) is 21.5 Å². The molecule has 6 rings (SSSR count). The van der Waals surface area contributed by atoms with Gasteiger partial charge in [0.2, 0.25) is 0 Å². The Bertz CT molecular complexity index is 1270. The number of rotatable bonds is 2. The Labute approximate surface area is 188 Å². The molecule has 0 fully saturated rings. The third-order valence-electron chi connectivity index (χ3n) is 6.41. The van der Waals surface area contributed by atoms with Crippen molar-refractivity contribution in [2.45, 2.75) is 31.7 Å². The molecule has 1 aliphatic rings. The largest absolute Gasteiger partial charge is 0.326 e. The zero-order chi connectivity index (χ0) is 21.0. The van der Waals surface area contributed by atoms with E-state index in [1.165, 1.54) is 57.5 Å². The first-order valence-corrected chi connectivity index (χ1v) is 12.0. The monoisotopic (exact) mass is 421 g/mol. The van der Waals surface area contributed by atoms with Gasteiger partial charge in [-0.2, -0.15) is 11.3 Å². The molecular formula is C29H27NS. The van der Waals surface area contributed by atoms with Crippen molar-refractivity contribution in [3.05, 3.63) is 118 Å². The summed E-state index contributed by atoms with van der Waals surface area (Å²) in [4.78, 5) is 0. The van der Waals surface area contributed by atoms with Crippen LogP contribution >= 0.6 is 11.3 Å². The minimum Gasteiger partial charge on any atom is -0.326 e. The summed E-state index contributed by atoms with van der Waals surface area (Å²) in [5, 5.41) is 9.59. The van der Waals surface area contributed by atoms with Crippen molar-refractivity contribution in [2.75, 3.05) is 0 Å². The van der Waals surface area contributed by atoms with Crippen LogP contribution in [0, 0.1) is 0 Å². The third kappa shape index (κ3) is 4.01. The van der Waals surface area contributed by atoms with E-state index in [-0.39, 0.29) is 0 Å². The minimum absolute atomic E-state index is 0.501. The van der Waals surface area contributed by atoms with Gasteiger partial charge in [0.1, 0.15) is 0 Å². The molecule has 5 aromatic rings. The Kier molecular flexibility index (Phi) is 5.84.